The van der Waals surface area contributed by atoms with Gasteiger partial charge in [0.05, 0.1) is 16.2 Å². The molecule has 0 saturated heterocycles. The number of aromatic nitrogens is 5. The number of nitrogens with zero attached hydrogens (tertiary/aromatic N) is 4. The maximum absolute atomic E-state index is 12.5. The van der Waals surface area contributed by atoms with Crippen molar-refractivity contribution in [3.05, 3.63) is 76.6 Å². The first-order valence-electron chi connectivity index (χ1n) is 10.8. The van der Waals surface area contributed by atoms with E-state index in [1.54, 1.807) is 6.07 Å². The summed E-state index contributed by atoms with van der Waals surface area (Å²) in [6.45, 7) is 7.55. The van der Waals surface area contributed by atoms with Gasteiger partial charge in [0.25, 0.3) is 5.56 Å². The van der Waals surface area contributed by atoms with Crippen molar-refractivity contribution in [1.82, 2.24) is 24.7 Å². The molecule has 2 aromatic heterocycles. The maximum atomic E-state index is 12.5. The average Bonchev–Trinajstić information content (AvgIpc) is 3.18. The zero-order valence-corrected chi connectivity index (χ0v) is 19.3. The highest BCUT2D eigenvalue weighted by Gasteiger charge is 2.19. The van der Waals surface area contributed by atoms with E-state index in [2.05, 4.69) is 38.6 Å². The van der Waals surface area contributed by atoms with E-state index >= 15 is 0 Å². The van der Waals surface area contributed by atoms with E-state index in [4.69, 9.17) is 4.74 Å². The fourth-order valence-corrected chi connectivity index (χ4v) is 4.25. The summed E-state index contributed by atoms with van der Waals surface area (Å²) in [6.07, 6.45) is 1.00. The van der Waals surface area contributed by atoms with Gasteiger partial charge in [0.1, 0.15) is 18.2 Å². The number of hydrogen-bond acceptors (Lipinski definition) is 6. The Labute approximate surface area is 191 Å². The summed E-state index contributed by atoms with van der Waals surface area (Å²) in [5.74, 6) is 2.75. The molecule has 4 rings (SSSR count). The van der Waals surface area contributed by atoms with Crippen LogP contribution in [-0.2, 0) is 13.2 Å². The smallest absolute Gasteiger partial charge is 0.258 e. The van der Waals surface area contributed by atoms with E-state index in [1.165, 1.54) is 11.8 Å². The summed E-state index contributed by atoms with van der Waals surface area (Å²) in [7, 11) is 0. The SMILES string of the molecule is CC(C)CCn1c(COc2ccccc2)nnc1SC(C)c1nc2ccccc2c(=O)[nH]1. The lowest BCUT2D eigenvalue weighted by Gasteiger charge is -2.15. The van der Waals surface area contributed by atoms with Crippen LogP contribution in [0.5, 0.6) is 5.75 Å². The second kappa shape index (κ2) is 9.99. The number of rotatable bonds is 9. The van der Waals surface area contributed by atoms with Gasteiger partial charge in [-0.2, -0.15) is 0 Å². The van der Waals surface area contributed by atoms with Gasteiger partial charge in [0, 0.05) is 6.54 Å². The van der Waals surface area contributed by atoms with Crippen molar-refractivity contribution in [3.8, 4) is 5.75 Å². The fourth-order valence-electron chi connectivity index (χ4n) is 3.30. The van der Waals surface area contributed by atoms with E-state index in [0.717, 1.165) is 29.7 Å². The van der Waals surface area contributed by atoms with Gasteiger partial charge < -0.3 is 14.3 Å². The quantitative estimate of drug-likeness (QED) is 0.362. The standard InChI is InChI=1S/C24H27N5O2S/c1-16(2)13-14-29-21(15-31-18-9-5-4-6-10-18)27-28-24(29)32-17(3)22-25-20-12-8-7-11-19(20)23(30)26-22/h4-12,16-17H,13-15H2,1-3H3,(H,25,26,30). The van der Waals surface area contributed by atoms with E-state index < -0.39 is 0 Å². The normalized spacial score (nSPS) is 12.4. The fraction of sp³-hybridized carbons (Fsp3) is 0.333. The van der Waals surface area contributed by atoms with Crippen molar-refractivity contribution in [3.63, 3.8) is 0 Å². The highest BCUT2D eigenvalue weighted by Crippen LogP contribution is 2.33. The number of thioether (sulfide) groups is 1. The molecule has 0 amide bonds. The summed E-state index contributed by atoms with van der Waals surface area (Å²) in [6, 6.07) is 17.1. The van der Waals surface area contributed by atoms with Gasteiger partial charge in [-0.3, -0.25) is 4.79 Å². The van der Waals surface area contributed by atoms with Gasteiger partial charge in [-0.05, 0) is 43.5 Å². The molecule has 4 aromatic rings. The molecule has 0 bridgehead atoms. The third kappa shape index (κ3) is 5.19. The van der Waals surface area contributed by atoms with Crippen molar-refractivity contribution in [2.75, 3.05) is 0 Å². The van der Waals surface area contributed by atoms with Crippen molar-refractivity contribution >= 4 is 22.7 Å². The molecule has 32 heavy (non-hydrogen) atoms. The third-order valence-corrected chi connectivity index (χ3v) is 6.22. The number of benzene rings is 2. The average molecular weight is 450 g/mol. The van der Waals surface area contributed by atoms with Crippen LogP contribution in [0.4, 0.5) is 0 Å². The third-order valence-electron chi connectivity index (χ3n) is 5.13. The molecule has 1 N–H and O–H groups in total. The molecule has 8 heteroatoms. The molecule has 0 fully saturated rings. The molecular weight excluding hydrogens is 422 g/mol. The van der Waals surface area contributed by atoms with E-state index in [1.807, 2.05) is 55.5 Å². The lowest BCUT2D eigenvalue weighted by Crippen LogP contribution is -2.13. The molecule has 0 spiro atoms. The maximum Gasteiger partial charge on any atom is 0.258 e. The van der Waals surface area contributed by atoms with E-state index in [9.17, 15) is 4.79 Å². The van der Waals surface area contributed by atoms with Gasteiger partial charge in [-0.15, -0.1) is 10.2 Å². The molecule has 0 saturated carbocycles. The number of nitrogens with one attached hydrogen (secondary N) is 1. The van der Waals surface area contributed by atoms with Crippen molar-refractivity contribution in [2.24, 2.45) is 5.92 Å². The van der Waals surface area contributed by atoms with Crippen LogP contribution in [0.2, 0.25) is 0 Å². The van der Waals surface area contributed by atoms with Crippen molar-refractivity contribution < 1.29 is 4.74 Å². The number of hydrogen-bond donors (Lipinski definition) is 1. The zero-order chi connectivity index (χ0) is 22.5. The summed E-state index contributed by atoms with van der Waals surface area (Å²) in [5.41, 5.74) is 0.563. The number of aromatic amines is 1. The summed E-state index contributed by atoms with van der Waals surface area (Å²) in [5, 5.41) is 10.1. The van der Waals surface area contributed by atoms with Gasteiger partial charge in [-0.1, -0.05) is 55.9 Å². The molecule has 2 aromatic carbocycles. The number of fused-ring (bicyclic) bond motifs is 1. The Bertz CT molecular complexity index is 1240. The minimum atomic E-state index is -0.128. The molecule has 0 aliphatic carbocycles. The second-order valence-electron chi connectivity index (χ2n) is 8.06. The zero-order valence-electron chi connectivity index (χ0n) is 18.5. The summed E-state index contributed by atoms with van der Waals surface area (Å²) >= 11 is 1.54. The first kappa shape index (κ1) is 22.1. The van der Waals surface area contributed by atoms with Gasteiger partial charge >= 0.3 is 0 Å². The van der Waals surface area contributed by atoms with E-state index in [0.29, 0.717) is 29.3 Å². The molecule has 166 valence electrons. The lowest BCUT2D eigenvalue weighted by molar-refractivity contribution is 0.285. The number of para-hydroxylation sites is 2. The van der Waals surface area contributed by atoms with Crippen LogP contribution < -0.4 is 10.3 Å². The minimum Gasteiger partial charge on any atom is -0.486 e. The Balaban J connectivity index is 1.56. The predicted molar refractivity (Wildman–Crippen MR) is 127 cm³/mol. The van der Waals surface area contributed by atoms with Crippen LogP contribution >= 0.6 is 11.8 Å². The van der Waals surface area contributed by atoms with Crippen LogP contribution in [0.25, 0.3) is 10.9 Å². The van der Waals surface area contributed by atoms with Gasteiger partial charge in [0.15, 0.2) is 11.0 Å². The first-order valence-corrected chi connectivity index (χ1v) is 11.6. The molecule has 7 nitrogen and oxygen atoms in total. The highest BCUT2D eigenvalue weighted by molar-refractivity contribution is 7.99. The van der Waals surface area contributed by atoms with Crippen LogP contribution in [0.3, 0.4) is 0 Å². The van der Waals surface area contributed by atoms with Crippen LogP contribution in [0.15, 0.2) is 64.5 Å². The van der Waals surface area contributed by atoms with E-state index in [-0.39, 0.29) is 10.8 Å². The predicted octanol–water partition coefficient (Wildman–Crippen LogP) is 4.99. The molecule has 1 atom stereocenters. The van der Waals surface area contributed by atoms with Crippen molar-refractivity contribution in [2.45, 2.75) is 50.8 Å². The Morgan fingerprint density at radius 2 is 1.78 bits per heavy atom. The molecule has 0 aliphatic heterocycles. The van der Waals surface area contributed by atoms with Crippen molar-refractivity contribution in [1.29, 1.82) is 0 Å². The number of ether oxygens (including phenoxy) is 1. The first-order chi connectivity index (χ1) is 15.5. The van der Waals surface area contributed by atoms with Crippen LogP contribution in [-0.4, -0.2) is 24.7 Å². The molecule has 0 aliphatic rings. The minimum absolute atomic E-state index is 0.0998. The van der Waals surface area contributed by atoms with Gasteiger partial charge in [0.2, 0.25) is 0 Å². The molecular formula is C24H27N5O2S. The Kier molecular flexibility index (Phi) is 6.90. The Morgan fingerprint density at radius 3 is 2.56 bits per heavy atom. The number of H-pyrrole nitrogens is 1. The lowest BCUT2D eigenvalue weighted by atomic mass is 10.1. The molecule has 2 heterocycles. The van der Waals surface area contributed by atoms with Crippen LogP contribution in [0, 0.1) is 5.92 Å². The summed E-state index contributed by atoms with van der Waals surface area (Å²) in [4.78, 5) is 20.1. The molecule has 1 unspecified atom stereocenters. The largest absolute Gasteiger partial charge is 0.486 e. The molecule has 0 radical (unpaired) electrons. The Hall–Kier alpha value is -3.13. The van der Waals surface area contributed by atoms with Crippen LogP contribution in [0.1, 0.15) is 44.1 Å². The monoisotopic (exact) mass is 449 g/mol. The topological polar surface area (TPSA) is 85.7 Å². The highest BCUT2D eigenvalue weighted by atomic mass is 32.2. The Morgan fingerprint density at radius 1 is 1.03 bits per heavy atom. The second-order valence-corrected chi connectivity index (χ2v) is 9.37. The summed E-state index contributed by atoms with van der Waals surface area (Å²) < 4.78 is 8.03. The van der Waals surface area contributed by atoms with Gasteiger partial charge in [-0.25, -0.2) is 4.98 Å².